The van der Waals surface area contributed by atoms with Gasteiger partial charge in [0.05, 0.1) is 6.61 Å². The van der Waals surface area contributed by atoms with Crippen molar-refractivity contribution in [2.45, 2.75) is 12.8 Å². The topological polar surface area (TPSA) is 24.5 Å². The van der Waals surface area contributed by atoms with Crippen LogP contribution in [0.3, 0.4) is 0 Å². The maximum Gasteiger partial charge on any atom is 0.0587 e. The summed E-state index contributed by atoms with van der Waals surface area (Å²) < 4.78 is 4.99. The van der Waals surface area contributed by atoms with Crippen molar-refractivity contribution in [2.75, 3.05) is 45.3 Å². The van der Waals surface area contributed by atoms with Crippen LogP contribution >= 0.6 is 0 Å². The number of methoxy groups -OCH3 is 1. The molecule has 104 valence electrons. The number of hydrogen-bond donors (Lipinski definition) is 1. The van der Waals surface area contributed by atoms with Crippen LogP contribution in [-0.2, 0) is 11.2 Å². The van der Waals surface area contributed by atoms with Crippen LogP contribution in [-0.4, -0.2) is 40.4 Å². The lowest BCUT2D eigenvalue weighted by atomic mass is 9.99. The minimum atomic E-state index is 0.763. The van der Waals surface area contributed by atoms with Gasteiger partial charge in [-0.05, 0) is 36.1 Å². The molecule has 0 saturated heterocycles. The Balaban J connectivity index is 1.89. The minimum absolute atomic E-state index is 0.763. The molecule has 1 aliphatic heterocycles. The van der Waals surface area contributed by atoms with Crippen LogP contribution in [0, 0.1) is 0 Å². The van der Waals surface area contributed by atoms with E-state index in [1.165, 1.54) is 36.2 Å². The maximum atomic E-state index is 4.99. The molecule has 1 aromatic carbocycles. The van der Waals surface area contributed by atoms with E-state index in [1.807, 2.05) is 0 Å². The van der Waals surface area contributed by atoms with Gasteiger partial charge in [0, 0.05) is 39.5 Å². The molecular formula is C16H24N2O. The second-order valence-corrected chi connectivity index (χ2v) is 5.01. The second kappa shape index (κ2) is 7.31. The van der Waals surface area contributed by atoms with Gasteiger partial charge in [0.25, 0.3) is 0 Å². The molecule has 0 aromatic heterocycles. The predicted octanol–water partition coefficient (Wildman–Crippen LogP) is 2.32. The Morgan fingerprint density at radius 1 is 1.42 bits per heavy atom. The summed E-state index contributed by atoms with van der Waals surface area (Å²) >= 11 is 0. The molecule has 0 saturated carbocycles. The van der Waals surface area contributed by atoms with Crippen molar-refractivity contribution in [1.82, 2.24) is 5.32 Å². The summed E-state index contributed by atoms with van der Waals surface area (Å²) in [5.41, 5.74) is 4.16. The highest BCUT2D eigenvalue weighted by molar-refractivity contribution is 5.61. The molecule has 0 fully saturated rings. The zero-order valence-electron chi connectivity index (χ0n) is 12.0. The summed E-state index contributed by atoms with van der Waals surface area (Å²) in [5.74, 6) is 0. The monoisotopic (exact) mass is 260 g/mol. The Morgan fingerprint density at radius 2 is 2.32 bits per heavy atom. The summed E-state index contributed by atoms with van der Waals surface area (Å²) in [7, 11) is 3.90. The first kappa shape index (κ1) is 14.1. The third kappa shape index (κ3) is 4.08. The zero-order chi connectivity index (χ0) is 13.5. The van der Waals surface area contributed by atoms with Crippen LogP contribution < -0.4 is 10.2 Å². The first-order valence-electron chi connectivity index (χ1n) is 7.01. The Labute approximate surface area is 116 Å². The fourth-order valence-corrected chi connectivity index (χ4v) is 2.46. The fraction of sp³-hybridized carbons (Fsp3) is 0.500. The van der Waals surface area contributed by atoms with Crippen LogP contribution in [0.5, 0.6) is 0 Å². The van der Waals surface area contributed by atoms with Crippen molar-refractivity contribution in [3.05, 3.63) is 35.4 Å². The third-order valence-electron chi connectivity index (χ3n) is 3.51. The first-order chi connectivity index (χ1) is 9.31. The van der Waals surface area contributed by atoms with Crippen molar-refractivity contribution in [2.24, 2.45) is 0 Å². The molecule has 3 nitrogen and oxygen atoms in total. The van der Waals surface area contributed by atoms with Crippen LogP contribution in [0.4, 0.5) is 5.69 Å². The van der Waals surface area contributed by atoms with Crippen LogP contribution in [0.2, 0.25) is 0 Å². The summed E-state index contributed by atoms with van der Waals surface area (Å²) in [6.45, 7) is 3.72. The van der Waals surface area contributed by atoms with Gasteiger partial charge in [0.1, 0.15) is 0 Å². The molecule has 3 heteroatoms. The standard InChI is InChI=1S/C16H24N2O/c1-18-11-4-6-15-13-14(7-8-16(15)18)5-3-9-17-10-12-19-2/h3,5,7-8,13,17H,4,6,9-12H2,1-2H3. The van der Waals surface area contributed by atoms with Gasteiger partial charge < -0.3 is 15.0 Å². The molecule has 19 heavy (non-hydrogen) atoms. The Bertz CT molecular complexity index is 429. The van der Waals surface area contributed by atoms with Crippen LogP contribution in [0.1, 0.15) is 17.5 Å². The number of aryl methyl sites for hydroxylation is 1. The lowest BCUT2D eigenvalue weighted by Gasteiger charge is -2.27. The first-order valence-corrected chi connectivity index (χ1v) is 7.01. The van der Waals surface area contributed by atoms with Crippen LogP contribution in [0.15, 0.2) is 24.3 Å². The third-order valence-corrected chi connectivity index (χ3v) is 3.51. The van der Waals surface area contributed by atoms with Gasteiger partial charge >= 0.3 is 0 Å². The number of hydrogen-bond acceptors (Lipinski definition) is 3. The zero-order valence-corrected chi connectivity index (χ0v) is 12.0. The van der Waals surface area contributed by atoms with Gasteiger partial charge in [-0.25, -0.2) is 0 Å². The van der Waals surface area contributed by atoms with E-state index in [9.17, 15) is 0 Å². The smallest absolute Gasteiger partial charge is 0.0587 e. The SMILES string of the molecule is COCCNCC=Cc1ccc2c(c1)CCCN2C. The van der Waals surface area contributed by atoms with Gasteiger partial charge in [-0.3, -0.25) is 0 Å². The summed E-state index contributed by atoms with van der Waals surface area (Å²) in [5, 5.41) is 3.31. The predicted molar refractivity (Wildman–Crippen MR) is 81.8 cm³/mol. The molecule has 0 unspecified atom stereocenters. The Hall–Kier alpha value is -1.32. The molecule has 0 amide bonds. The van der Waals surface area contributed by atoms with E-state index in [4.69, 9.17) is 4.74 Å². The van der Waals surface area contributed by atoms with Crippen molar-refractivity contribution in [3.8, 4) is 0 Å². The lowest BCUT2D eigenvalue weighted by Crippen LogP contribution is -2.24. The average Bonchev–Trinajstić information content (AvgIpc) is 2.43. The molecule has 1 aromatic rings. The van der Waals surface area contributed by atoms with Crippen LogP contribution in [0.25, 0.3) is 6.08 Å². The van der Waals surface area contributed by atoms with Gasteiger partial charge in [-0.15, -0.1) is 0 Å². The number of anilines is 1. The second-order valence-electron chi connectivity index (χ2n) is 5.01. The lowest BCUT2D eigenvalue weighted by molar-refractivity contribution is 0.200. The molecule has 1 aliphatic rings. The Morgan fingerprint density at radius 3 is 3.16 bits per heavy atom. The highest BCUT2D eigenvalue weighted by Gasteiger charge is 2.12. The average molecular weight is 260 g/mol. The van der Waals surface area contributed by atoms with Gasteiger partial charge in [0.2, 0.25) is 0 Å². The molecule has 1 N–H and O–H groups in total. The molecule has 0 aliphatic carbocycles. The number of fused-ring (bicyclic) bond motifs is 1. The highest BCUT2D eigenvalue weighted by atomic mass is 16.5. The molecule has 0 spiro atoms. The molecule has 0 atom stereocenters. The Kier molecular flexibility index (Phi) is 5.43. The van der Waals surface area contributed by atoms with E-state index in [-0.39, 0.29) is 0 Å². The van der Waals surface area contributed by atoms with E-state index in [1.54, 1.807) is 7.11 Å². The van der Waals surface area contributed by atoms with E-state index in [2.05, 4.69) is 47.6 Å². The van der Waals surface area contributed by atoms with Gasteiger partial charge in [-0.2, -0.15) is 0 Å². The number of nitrogens with zero attached hydrogens (tertiary/aromatic N) is 1. The summed E-state index contributed by atoms with van der Waals surface area (Å²) in [6, 6.07) is 6.76. The summed E-state index contributed by atoms with van der Waals surface area (Å²) in [6.07, 6.45) is 6.82. The number of ether oxygens (including phenoxy) is 1. The number of nitrogens with one attached hydrogen (secondary N) is 1. The fourth-order valence-electron chi connectivity index (χ4n) is 2.46. The van der Waals surface area contributed by atoms with Crippen molar-refractivity contribution in [1.29, 1.82) is 0 Å². The molecule has 0 radical (unpaired) electrons. The molecule has 0 bridgehead atoms. The van der Waals surface area contributed by atoms with E-state index in [0.29, 0.717) is 0 Å². The number of rotatable bonds is 6. The minimum Gasteiger partial charge on any atom is -0.383 e. The van der Waals surface area contributed by atoms with E-state index < -0.39 is 0 Å². The van der Waals surface area contributed by atoms with E-state index >= 15 is 0 Å². The molecule has 1 heterocycles. The van der Waals surface area contributed by atoms with E-state index in [0.717, 1.165) is 19.7 Å². The van der Waals surface area contributed by atoms with Crippen molar-refractivity contribution in [3.63, 3.8) is 0 Å². The van der Waals surface area contributed by atoms with Gasteiger partial charge in [0.15, 0.2) is 0 Å². The maximum absolute atomic E-state index is 4.99. The quantitative estimate of drug-likeness (QED) is 0.794. The highest BCUT2D eigenvalue weighted by Crippen LogP contribution is 2.27. The van der Waals surface area contributed by atoms with Gasteiger partial charge in [-0.1, -0.05) is 18.2 Å². The summed E-state index contributed by atoms with van der Waals surface area (Å²) in [4.78, 5) is 2.35. The number of benzene rings is 1. The normalized spacial score (nSPS) is 14.9. The van der Waals surface area contributed by atoms with Crippen molar-refractivity contribution < 1.29 is 4.74 Å². The van der Waals surface area contributed by atoms with Crippen molar-refractivity contribution >= 4 is 11.8 Å². The largest absolute Gasteiger partial charge is 0.383 e. The molecular weight excluding hydrogens is 236 g/mol. The molecule has 2 rings (SSSR count).